The third-order valence-electron chi connectivity index (χ3n) is 6.52. The Morgan fingerprint density at radius 2 is 2.06 bits per heavy atom. The van der Waals surface area contributed by atoms with E-state index >= 15 is 0 Å². The second-order valence-electron chi connectivity index (χ2n) is 9.10. The summed E-state index contributed by atoms with van der Waals surface area (Å²) in [6, 6.07) is 7.53. The van der Waals surface area contributed by atoms with E-state index in [4.69, 9.17) is 9.26 Å². The smallest absolute Gasteiger partial charge is 0.235 e. The summed E-state index contributed by atoms with van der Waals surface area (Å²) in [6.07, 6.45) is 1.79. The molecule has 1 saturated carbocycles. The number of ether oxygens (including phenoxy) is 1. The van der Waals surface area contributed by atoms with Crippen LogP contribution in [-0.4, -0.2) is 53.1 Å². The van der Waals surface area contributed by atoms with Crippen molar-refractivity contribution in [1.29, 1.82) is 0 Å². The number of aromatic nitrogens is 2. The number of aryl methyl sites for hydroxylation is 1. The topological polar surface area (TPSA) is 97.6 Å². The lowest BCUT2D eigenvalue weighted by molar-refractivity contribution is -0.134. The van der Waals surface area contributed by atoms with Crippen molar-refractivity contribution in [1.82, 2.24) is 20.4 Å². The minimum absolute atomic E-state index is 0.0119. The van der Waals surface area contributed by atoms with Crippen molar-refractivity contribution in [3.63, 3.8) is 0 Å². The Morgan fingerprint density at radius 3 is 2.68 bits per heavy atom. The number of nitrogens with one attached hydrogen (secondary N) is 1. The molecule has 1 saturated heterocycles. The molecule has 2 fully saturated rings. The van der Waals surface area contributed by atoms with E-state index in [9.17, 15) is 9.59 Å². The van der Waals surface area contributed by atoms with E-state index < -0.39 is 5.41 Å². The van der Waals surface area contributed by atoms with Crippen LogP contribution < -0.4 is 10.1 Å². The van der Waals surface area contributed by atoms with Gasteiger partial charge in [0.05, 0.1) is 18.9 Å². The van der Waals surface area contributed by atoms with E-state index in [1.165, 1.54) is 0 Å². The van der Waals surface area contributed by atoms with E-state index in [1.54, 1.807) is 14.0 Å². The average molecular weight is 427 g/mol. The molecule has 1 aliphatic heterocycles. The van der Waals surface area contributed by atoms with Gasteiger partial charge < -0.3 is 19.5 Å². The second-order valence-corrected chi connectivity index (χ2v) is 9.10. The number of likely N-dealkylation sites (tertiary alicyclic amines) is 1. The van der Waals surface area contributed by atoms with Crippen LogP contribution in [-0.2, 0) is 21.4 Å². The highest BCUT2D eigenvalue weighted by molar-refractivity contribution is 5.79. The van der Waals surface area contributed by atoms with Crippen LogP contribution in [0.5, 0.6) is 5.75 Å². The highest BCUT2D eigenvalue weighted by Crippen LogP contribution is 2.50. The van der Waals surface area contributed by atoms with Gasteiger partial charge in [-0.2, -0.15) is 4.98 Å². The molecule has 0 radical (unpaired) electrons. The van der Waals surface area contributed by atoms with Gasteiger partial charge in [-0.3, -0.25) is 9.59 Å². The molecule has 1 aliphatic carbocycles. The Hall–Kier alpha value is -2.90. The molecule has 8 heteroatoms. The van der Waals surface area contributed by atoms with Crippen molar-refractivity contribution in [3.05, 3.63) is 41.5 Å². The van der Waals surface area contributed by atoms with Gasteiger partial charge >= 0.3 is 0 Å². The van der Waals surface area contributed by atoms with Gasteiger partial charge in [0.25, 0.3) is 0 Å². The molecule has 1 N–H and O–H groups in total. The van der Waals surface area contributed by atoms with E-state index in [0.717, 1.165) is 17.7 Å². The lowest BCUT2D eigenvalue weighted by Crippen LogP contribution is -2.40. The Bertz CT molecular complexity index is 955. The molecule has 8 nitrogen and oxygen atoms in total. The summed E-state index contributed by atoms with van der Waals surface area (Å²) in [4.78, 5) is 31.8. The maximum absolute atomic E-state index is 12.7. The summed E-state index contributed by atoms with van der Waals surface area (Å²) in [7, 11) is 1.62. The highest BCUT2D eigenvalue weighted by Gasteiger charge is 2.58. The van der Waals surface area contributed by atoms with Crippen LogP contribution in [0.15, 0.2) is 28.8 Å². The number of hydrogen-bond acceptors (Lipinski definition) is 6. The van der Waals surface area contributed by atoms with Gasteiger partial charge in [-0.1, -0.05) is 31.1 Å². The zero-order chi connectivity index (χ0) is 22.2. The van der Waals surface area contributed by atoms with Crippen molar-refractivity contribution in [3.8, 4) is 5.75 Å². The standard InChI is InChI=1S/C23H30N4O4/c1-14(2)21(29)27-12-17-10-18(11-23(17,13-27)22-24-15(3)26-31-22)25-20(28)9-16-5-7-19(30-4)8-6-16/h5-8,14,17-18H,9-13H2,1-4H3,(H,25,28)/t17-,18+,23-/m0/s1. The number of hydrogen-bond donors (Lipinski definition) is 1. The minimum atomic E-state index is -0.399. The molecule has 1 aromatic heterocycles. The summed E-state index contributed by atoms with van der Waals surface area (Å²) in [6.45, 7) is 6.85. The minimum Gasteiger partial charge on any atom is -0.497 e. The number of nitrogens with zero attached hydrogens (tertiary/aromatic N) is 3. The Morgan fingerprint density at radius 1 is 1.32 bits per heavy atom. The number of carbonyl (C=O) groups is 2. The molecule has 4 rings (SSSR count). The van der Waals surface area contributed by atoms with Gasteiger partial charge in [-0.05, 0) is 43.4 Å². The summed E-state index contributed by atoms with van der Waals surface area (Å²) in [5.41, 5.74) is 0.539. The van der Waals surface area contributed by atoms with Crippen LogP contribution in [0.2, 0.25) is 0 Å². The normalized spacial score (nSPS) is 25.0. The lowest BCUT2D eigenvalue weighted by atomic mass is 9.80. The quantitative estimate of drug-likeness (QED) is 0.761. The van der Waals surface area contributed by atoms with Crippen LogP contribution in [0, 0.1) is 18.8 Å². The van der Waals surface area contributed by atoms with Gasteiger partial charge in [-0.25, -0.2) is 0 Å². The van der Waals surface area contributed by atoms with Crippen LogP contribution in [0.4, 0.5) is 0 Å². The van der Waals surface area contributed by atoms with E-state index in [-0.39, 0.29) is 29.7 Å². The first-order valence-corrected chi connectivity index (χ1v) is 10.8. The summed E-state index contributed by atoms with van der Waals surface area (Å²) in [5, 5.41) is 7.18. The number of benzene rings is 1. The molecule has 166 valence electrons. The molecule has 2 aliphatic rings. The van der Waals surface area contributed by atoms with Gasteiger partial charge in [0, 0.05) is 25.0 Å². The Labute approximate surface area is 182 Å². The fourth-order valence-electron chi connectivity index (χ4n) is 5.05. The summed E-state index contributed by atoms with van der Waals surface area (Å²) in [5.74, 6) is 2.20. The number of amides is 2. The van der Waals surface area contributed by atoms with Crippen LogP contribution in [0.25, 0.3) is 0 Å². The van der Waals surface area contributed by atoms with Crippen LogP contribution >= 0.6 is 0 Å². The first-order valence-electron chi connectivity index (χ1n) is 10.8. The lowest BCUT2D eigenvalue weighted by Gasteiger charge is -2.26. The summed E-state index contributed by atoms with van der Waals surface area (Å²) >= 11 is 0. The molecule has 0 bridgehead atoms. The predicted molar refractivity (Wildman–Crippen MR) is 113 cm³/mol. The second kappa shape index (κ2) is 8.32. The number of carbonyl (C=O) groups excluding carboxylic acids is 2. The van der Waals surface area contributed by atoms with Crippen LogP contribution in [0.3, 0.4) is 0 Å². The first kappa shape index (κ1) is 21.3. The van der Waals surface area contributed by atoms with Gasteiger partial charge in [0.1, 0.15) is 5.75 Å². The maximum atomic E-state index is 12.7. The van der Waals surface area contributed by atoms with Crippen molar-refractivity contribution < 1.29 is 18.8 Å². The number of rotatable bonds is 6. The molecular formula is C23H30N4O4. The molecule has 1 aromatic carbocycles. The van der Waals surface area contributed by atoms with E-state index in [1.807, 2.05) is 43.0 Å². The third-order valence-corrected chi connectivity index (χ3v) is 6.52. The molecule has 0 unspecified atom stereocenters. The number of methoxy groups -OCH3 is 1. The zero-order valence-corrected chi connectivity index (χ0v) is 18.6. The van der Waals surface area contributed by atoms with E-state index in [0.29, 0.717) is 37.6 Å². The zero-order valence-electron chi connectivity index (χ0n) is 18.6. The van der Waals surface area contributed by atoms with Crippen LogP contribution in [0.1, 0.15) is 44.0 Å². The van der Waals surface area contributed by atoms with Gasteiger partial charge in [0.15, 0.2) is 5.82 Å². The average Bonchev–Trinajstić information content (AvgIpc) is 3.40. The molecule has 31 heavy (non-hydrogen) atoms. The van der Waals surface area contributed by atoms with Gasteiger partial charge in [-0.15, -0.1) is 0 Å². The third kappa shape index (κ3) is 4.16. The molecule has 2 amide bonds. The van der Waals surface area contributed by atoms with Crippen molar-refractivity contribution in [2.75, 3.05) is 20.2 Å². The maximum Gasteiger partial charge on any atom is 0.235 e. The van der Waals surface area contributed by atoms with Gasteiger partial charge in [0.2, 0.25) is 17.7 Å². The first-order chi connectivity index (χ1) is 14.8. The highest BCUT2D eigenvalue weighted by atomic mass is 16.5. The van der Waals surface area contributed by atoms with Crippen molar-refractivity contribution in [2.45, 2.75) is 51.5 Å². The largest absolute Gasteiger partial charge is 0.497 e. The number of fused-ring (bicyclic) bond motifs is 1. The fraction of sp³-hybridized carbons (Fsp3) is 0.565. The predicted octanol–water partition coefficient (Wildman–Crippen LogP) is 2.26. The Kier molecular flexibility index (Phi) is 5.73. The molecule has 2 heterocycles. The summed E-state index contributed by atoms with van der Waals surface area (Å²) < 4.78 is 10.8. The molecular weight excluding hydrogens is 396 g/mol. The molecule has 3 atom stereocenters. The SMILES string of the molecule is COc1ccc(CC(=O)N[C@@H]2C[C@H]3CN(C(=O)C(C)C)C[C@@]3(c3nc(C)no3)C2)cc1. The van der Waals surface area contributed by atoms with Crippen molar-refractivity contribution in [2.24, 2.45) is 11.8 Å². The Balaban J connectivity index is 1.46. The fourth-order valence-corrected chi connectivity index (χ4v) is 5.05. The van der Waals surface area contributed by atoms with E-state index in [2.05, 4.69) is 15.5 Å². The van der Waals surface area contributed by atoms with Crippen molar-refractivity contribution >= 4 is 11.8 Å². The molecule has 0 spiro atoms. The molecule has 2 aromatic rings. The monoisotopic (exact) mass is 426 g/mol.